The number of unbranched alkanes of at least 4 members (excludes halogenated alkanes) is 1. The first-order valence-corrected chi connectivity index (χ1v) is 12.3. The zero-order valence-corrected chi connectivity index (χ0v) is 21.3. The van der Waals surface area contributed by atoms with Crippen LogP contribution in [0.4, 0.5) is 5.69 Å². The number of benzene rings is 3. The van der Waals surface area contributed by atoms with Crippen LogP contribution in [0, 0.1) is 0 Å². The van der Waals surface area contributed by atoms with E-state index in [2.05, 4.69) is 17.1 Å². The number of amides is 1. The summed E-state index contributed by atoms with van der Waals surface area (Å²) in [4.78, 5) is 29.2. The van der Waals surface area contributed by atoms with Gasteiger partial charge < -0.3 is 16.0 Å². The van der Waals surface area contributed by atoms with Crippen molar-refractivity contribution < 1.29 is 9.59 Å². The van der Waals surface area contributed by atoms with Gasteiger partial charge in [0.05, 0.1) is 16.8 Å². The summed E-state index contributed by atoms with van der Waals surface area (Å²) in [5.74, 6) is -0.559. The second-order valence-electron chi connectivity index (χ2n) is 8.89. The number of rotatable bonds is 6. The van der Waals surface area contributed by atoms with Crippen LogP contribution in [0.5, 0.6) is 0 Å². The van der Waals surface area contributed by atoms with Crippen molar-refractivity contribution in [3.63, 3.8) is 0 Å². The number of hydrogen-bond acceptors (Lipinski definition) is 4. The molecular formula is C28H29Cl2N3O2. The van der Waals surface area contributed by atoms with E-state index in [0.29, 0.717) is 46.9 Å². The molecule has 0 radical (unpaired) electrons. The largest absolute Gasteiger partial charge is 0.368 e. The van der Waals surface area contributed by atoms with E-state index in [1.54, 1.807) is 0 Å². The van der Waals surface area contributed by atoms with Gasteiger partial charge in [-0.25, -0.2) is 0 Å². The van der Waals surface area contributed by atoms with E-state index in [9.17, 15) is 9.59 Å². The summed E-state index contributed by atoms with van der Waals surface area (Å²) in [6.07, 6.45) is 2.54. The number of primary amides is 1. The molecule has 182 valence electrons. The maximum Gasteiger partial charge on any atom is 0.251 e. The first kappa shape index (κ1) is 25.2. The molecule has 3 aromatic rings. The second kappa shape index (κ2) is 10.4. The quantitative estimate of drug-likeness (QED) is 0.360. The minimum atomic E-state index is -0.500. The fourth-order valence-corrected chi connectivity index (χ4v) is 5.58. The van der Waals surface area contributed by atoms with Crippen LogP contribution < -0.4 is 16.0 Å². The van der Waals surface area contributed by atoms with E-state index < -0.39 is 5.91 Å². The molecule has 1 aliphatic heterocycles. The molecular weight excluding hydrogens is 481 g/mol. The lowest BCUT2D eigenvalue weighted by atomic mass is 9.82. The lowest BCUT2D eigenvalue weighted by molar-refractivity contribution is 0.0999. The molecule has 0 aromatic heterocycles. The molecule has 0 spiro atoms. The lowest BCUT2D eigenvalue weighted by Gasteiger charge is -2.34. The summed E-state index contributed by atoms with van der Waals surface area (Å²) in [6, 6.07) is 15.3. The number of halogens is 2. The number of piperazine rings is 1. The molecule has 0 saturated carbocycles. The van der Waals surface area contributed by atoms with Crippen LogP contribution in [0.3, 0.4) is 0 Å². The summed E-state index contributed by atoms with van der Waals surface area (Å²) in [5, 5.41) is 3.95. The van der Waals surface area contributed by atoms with Gasteiger partial charge in [0.2, 0.25) is 0 Å². The Balaban J connectivity index is 0.00000289. The SMILES string of the molecule is CCCCc1c(C(N)=O)c(N2CCNCC2)c2c(c1-c1ccccc1Cl)-c1ccccc1C2=O.Cl. The maximum atomic E-state index is 13.9. The summed E-state index contributed by atoms with van der Waals surface area (Å²) >= 11 is 6.73. The molecule has 0 unspecified atom stereocenters. The Hall–Kier alpha value is -2.86. The number of hydrogen-bond donors (Lipinski definition) is 2. The first-order chi connectivity index (χ1) is 16.5. The van der Waals surface area contributed by atoms with Crippen molar-refractivity contribution in [2.45, 2.75) is 26.2 Å². The third-order valence-corrected chi connectivity index (χ3v) is 7.18. The highest BCUT2D eigenvalue weighted by Crippen LogP contribution is 2.52. The number of nitrogens with two attached hydrogens (primary N) is 1. The van der Waals surface area contributed by atoms with Gasteiger partial charge >= 0.3 is 0 Å². The van der Waals surface area contributed by atoms with Crippen LogP contribution in [0.1, 0.15) is 51.6 Å². The predicted molar refractivity (Wildman–Crippen MR) is 145 cm³/mol. The summed E-state index contributed by atoms with van der Waals surface area (Å²) in [7, 11) is 0. The zero-order valence-electron chi connectivity index (χ0n) is 19.7. The van der Waals surface area contributed by atoms with Crippen molar-refractivity contribution in [1.82, 2.24) is 5.32 Å². The highest BCUT2D eigenvalue weighted by atomic mass is 35.5. The molecule has 0 bridgehead atoms. The minimum absolute atomic E-state index is 0. The van der Waals surface area contributed by atoms with Gasteiger partial charge in [0.1, 0.15) is 0 Å². The summed E-state index contributed by atoms with van der Waals surface area (Å²) in [5.41, 5.74) is 12.8. The third-order valence-electron chi connectivity index (χ3n) is 6.85. The molecule has 1 heterocycles. The molecule has 1 amide bonds. The van der Waals surface area contributed by atoms with Crippen molar-refractivity contribution in [3.05, 3.63) is 75.8 Å². The number of fused-ring (bicyclic) bond motifs is 3. The van der Waals surface area contributed by atoms with Gasteiger partial charge in [-0.05, 0) is 35.6 Å². The molecule has 7 heteroatoms. The Kier molecular flexibility index (Phi) is 7.50. The second-order valence-corrected chi connectivity index (χ2v) is 9.29. The Morgan fingerprint density at radius 2 is 1.60 bits per heavy atom. The van der Waals surface area contributed by atoms with Crippen LogP contribution in [0.15, 0.2) is 48.5 Å². The molecule has 35 heavy (non-hydrogen) atoms. The van der Waals surface area contributed by atoms with E-state index in [1.165, 1.54) is 0 Å². The Morgan fingerprint density at radius 3 is 2.23 bits per heavy atom. The molecule has 2 aliphatic rings. The number of nitrogens with zero attached hydrogens (tertiary/aromatic N) is 1. The monoisotopic (exact) mass is 509 g/mol. The molecule has 3 aromatic carbocycles. The predicted octanol–water partition coefficient (Wildman–Crippen LogP) is 5.49. The van der Waals surface area contributed by atoms with Crippen LogP contribution in [-0.4, -0.2) is 37.9 Å². The molecule has 5 rings (SSSR count). The Morgan fingerprint density at radius 1 is 0.971 bits per heavy atom. The minimum Gasteiger partial charge on any atom is -0.368 e. The van der Waals surface area contributed by atoms with Gasteiger partial charge in [0.15, 0.2) is 5.78 Å². The van der Waals surface area contributed by atoms with Crippen LogP contribution in [0.2, 0.25) is 5.02 Å². The maximum absolute atomic E-state index is 13.9. The van der Waals surface area contributed by atoms with E-state index in [0.717, 1.165) is 53.7 Å². The van der Waals surface area contributed by atoms with Crippen LogP contribution in [0.25, 0.3) is 22.3 Å². The van der Waals surface area contributed by atoms with Gasteiger partial charge in [-0.1, -0.05) is 67.4 Å². The van der Waals surface area contributed by atoms with Gasteiger partial charge in [-0.3, -0.25) is 9.59 Å². The molecule has 1 saturated heterocycles. The van der Waals surface area contributed by atoms with E-state index in [-0.39, 0.29) is 18.2 Å². The topological polar surface area (TPSA) is 75.4 Å². The summed E-state index contributed by atoms with van der Waals surface area (Å²) < 4.78 is 0. The molecule has 1 fully saturated rings. The third kappa shape index (κ3) is 4.22. The number of anilines is 1. The van der Waals surface area contributed by atoms with E-state index >= 15 is 0 Å². The van der Waals surface area contributed by atoms with Crippen LogP contribution in [-0.2, 0) is 6.42 Å². The number of carbonyl (C=O) groups is 2. The average Bonchev–Trinajstić information content (AvgIpc) is 3.15. The number of ketones is 1. The zero-order chi connectivity index (χ0) is 23.8. The first-order valence-electron chi connectivity index (χ1n) is 11.9. The number of carbonyl (C=O) groups excluding carboxylic acids is 2. The normalized spacial score (nSPS) is 14.3. The molecule has 0 atom stereocenters. The van der Waals surface area contributed by atoms with Gasteiger partial charge in [0.25, 0.3) is 5.91 Å². The average molecular weight is 510 g/mol. The molecule has 3 N–H and O–H groups in total. The van der Waals surface area contributed by atoms with E-state index in [4.69, 9.17) is 17.3 Å². The fourth-order valence-electron chi connectivity index (χ4n) is 5.35. The van der Waals surface area contributed by atoms with Crippen molar-refractivity contribution in [3.8, 4) is 22.3 Å². The Labute approximate surface area is 217 Å². The van der Waals surface area contributed by atoms with Crippen molar-refractivity contribution in [2.75, 3.05) is 31.1 Å². The van der Waals surface area contributed by atoms with E-state index in [1.807, 2.05) is 48.5 Å². The van der Waals surface area contributed by atoms with Crippen molar-refractivity contribution >= 4 is 41.4 Å². The standard InChI is InChI=1S/C28H28ClN3O2.ClH/c1-2-3-8-20-22(19-11-6-7-12-21(19)29)23-17-9-4-5-10-18(17)27(33)25(23)26(24(20)28(30)34)32-15-13-31-14-16-32;/h4-7,9-12,31H,2-3,8,13-16H2,1H3,(H2,30,34);1H. The summed E-state index contributed by atoms with van der Waals surface area (Å²) in [6.45, 7) is 5.10. The highest BCUT2D eigenvalue weighted by molar-refractivity contribution is 6.35. The Bertz CT molecular complexity index is 1300. The lowest BCUT2D eigenvalue weighted by Crippen LogP contribution is -2.45. The van der Waals surface area contributed by atoms with Crippen molar-refractivity contribution in [2.24, 2.45) is 5.73 Å². The smallest absolute Gasteiger partial charge is 0.251 e. The van der Waals surface area contributed by atoms with Gasteiger partial charge in [-0.15, -0.1) is 12.4 Å². The molecule has 5 nitrogen and oxygen atoms in total. The van der Waals surface area contributed by atoms with Gasteiger partial charge in [0, 0.05) is 47.9 Å². The van der Waals surface area contributed by atoms with Crippen LogP contribution >= 0.6 is 24.0 Å². The number of nitrogens with one attached hydrogen (secondary N) is 1. The fraction of sp³-hybridized carbons (Fsp3) is 0.286. The molecule has 1 aliphatic carbocycles. The van der Waals surface area contributed by atoms with Gasteiger partial charge in [-0.2, -0.15) is 0 Å². The highest BCUT2D eigenvalue weighted by Gasteiger charge is 2.39. The van der Waals surface area contributed by atoms with Crippen molar-refractivity contribution in [1.29, 1.82) is 0 Å².